The largest absolute Gasteiger partial charge is 0.416 e. The number of carbonyl (C=O) groups is 1. The molecule has 1 atom stereocenters. The molecule has 2 aromatic carbocycles. The molecule has 2 aromatic rings. The van der Waals surface area contributed by atoms with Crippen molar-refractivity contribution < 1.29 is 22.9 Å². The van der Waals surface area contributed by atoms with Gasteiger partial charge in [0.05, 0.1) is 37.8 Å². The number of benzene rings is 2. The maximum atomic E-state index is 13.0. The molecule has 1 fully saturated rings. The summed E-state index contributed by atoms with van der Waals surface area (Å²) < 4.78 is 38.9. The number of anilines is 1. The number of fused-ring (bicyclic) bond motifs is 1. The van der Waals surface area contributed by atoms with Crippen LogP contribution in [0.1, 0.15) is 35.6 Å². The van der Waals surface area contributed by atoms with Gasteiger partial charge in [-0.15, -0.1) is 0 Å². The second-order valence-corrected chi connectivity index (χ2v) is 8.17. The highest BCUT2D eigenvalue weighted by Gasteiger charge is 2.31. The molecule has 0 unspecified atom stereocenters. The number of nitrogens with one attached hydrogen (secondary N) is 2. The van der Waals surface area contributed by atoms with Crippen molar-refractivity contribution in [3.8, 4) is 0 Å². The normalized spacial score (nSPS) is 20.0. The fraction of sp³-hybridized carbons (Fsp3) is 0.435. The van der Waals surface area contributed by atoms with Gasteiger partial charge in [0, 0.05) is 5.69 Å². The van der Waals surface area contributed by atoms with Gasteiger partial charge in [-0.2, -0.15) is 13.2 Å². The molecule has 2 aliphatic rings. The van der Waals surface area contributed by atoms with Gasteiger partial charge in [-0.05, 0) is 48.6 Å². The molecule has 4 rings (SSSR count). The molecule has 7 heteroatoms. The summed E-state index contributed by atoms with van der Waals surface area (Å²) in [6, 6.07) is 13.8. The van der Waals surface area contributed by atoms with Crippen molar-refractivity contribution in [2.24, 2.45) is 0 Å². The van der Waals surface area contributed by atoms with Gasteiger partial charge in [0.2, 0.25) is 0 Å². The summed E-state index contributed by atoms with van der Waals surface area (Å²) in [4.78, 5) is 15.8. The molecule has 160 valence electrons. The van der Waals surface area contributed by atoms with Crippen LogP contribution in [0.3, 0.4) is 0 Å². The molecule has 1 aliphatic carbocycles. The zero-order valence-corrected chi connectivity index (χ0v) is 16.8. The molecule has 1 amide bonds. The first-order valence-corrected chi connectivity index (χ1v) is 10.5. The van der Waals surface area contributed by atoms with Gasteiger partial charge in [-0.1, -0.05) is 30.3 Å². The van der Waals surface area contributed by atoms with Crippen molar-refractivity contribution in [1.82, 2.24) is 5.32 Å². The van der Waals surface area contributed by atoms with E-state index in [1.807, 2.05) is 17.0 Å². The van der Waals surface area contributed by atoms with Crippen LogP contribution < -0.4 is 15.1 Å². The lowest BCUT2D eigenvalue weighted by molar-refractivity contribution is -0.892. The Morgan fingerprint density at radius 3 is 2.63 bits per heavy atom. The maximum absolute atomic E-state index is 13.0. The molecule has 0 aromatic heterocycles. The van der Waals surface area contributed by atoms with Crippen molar-refractivity contribution in [3.63, 3.8) is 0 Å². The van der Waals surface area contributed by atoms with E-state index in [1.54, 1.807) is 6.07 Å². The Kier molecular flexibility index (Phi) is 5.99. The lowest BCUT2D eigenvalue weighted by Gasteiger charge is -2.34. The second-order valence-electron chi connectivity index (χ2n) is 8.17. The number of quaternary nitrogens is 1. The quantitative estimate of drug-likeness (QED) is 0.801. The van der Waals surface area contributed by atoms with Crippen molar-refractivity contribution >= 4 is 11.6 Å². The zero-order valence-electron chi connectivity index (χ0n) is 16.8. The Labute approximate surface area is 174 Å². The van der Waals surface area contributed by atoms with Crippen LogP contribution in [0, 0.1) is 0 Å². The van der Waals surface area contributed by atoms with Gasteiger partial charge >= 0.3 is 6.18 Å². The number of rotatable bonds is 4. The van der Waals surface area contributed by atoms with E-state index >= 15 is 0 Å². The van der Waals surface area contributed by atoms with Gasteiger partial charge < -0.3 is 15.1 Å². The summed E-state index contributed by atoms with van der Waals surface area (Å²) >= 11 is 0. The molecular weight excluding hydrogens is 391 g/mol. The predicted molar refractivity (Wildman–Crippen MR) is 109 cm³/mol. The van der Waals surface area contributed by atoms with E-state index in [0.29, 0.717) is 25.3 Å². The van der Waals surface area contributed by atoms with E-state index in [4.69, 9.17) is 0 Å². The fourth-order valence-corrected chi connectivity index (χ4v) is 4.51. The third-order valence-electron chi connectivity index (χ3n) is 6.12. The minimum atomic E-state index is -4.33. The Bertz CT molecular complexity index is 891. The summed E-state index contributed by atoms with van der Waals surface area (Å²) in [7, 11) is 0. The van der Waals surface area contributed by atoms with E-state index in [1.165, 1.54) is 28.2 Å². The van der Waals surface area contributed by atoms with Gasteiger partial charge in [0.1, 0.15) is 0 Å². The van der Waals surface area contributed by atoms with Crippen molar-refractivity contribution in [2.75, 3.05) is 37.6 Å². The van der Waals surface area contributed by atoms with E-state index in [9.17, 15) is 18.0 Å². The molecule has 1 aliphatic heterocycles. The van der Waals surface area contributed by atoms with Gasteiger partial charge in [0.25, 0.3) is 5.91 Å². The number of hydrogen-bond acceptors (Lipinski definition) is 2. The topological polar surface area (TPSA) is 36.8 Å². The number of halogens is 3. The molecule has 0 saturated carbocycles. The monoisotopic (exact) mass is 418 g/mol. The van der Waals surface area contributed by atoms with E-state index in [-0.39, 0.29) is 11.9 Å². The second kappa shape index (κ2) is 8.68. The van der Waals surface area contributed by atoms with Gasteiger partial charge in [-0.3, -0.25) is 4.79 Å². The van der Waals surface area contributed by atoms with E-state index in [0.717, 1.165) is 38.4 Å². The molecule has 0 radical (unpaired) electrons. The first-order valence-electron chi connectivity index (χ1n) is 10.5. The minimum absolute atomic E-state index is 0.0409. The average Bonchev–Trinajstić information content (AvgIpc) is 2.74. The van der Waals surface area contributed by atoms with Crippen LogP contribution in [0.2, 0.25) is 0 Å². The summed E-state index contributed by atoms with van der Waals surface area (Å²) in [5, 5.41) is 3.19. The van der Waals surface area contributed by atoms with Crippen LogP contribution in [0.15, 0.2) is 48.5 Å². The van der Waals surface area contributed by atoms with E-state index < -0.39 is 11.7 Å². The van der Waals surface area contributed by atoms with Gasteiger partial charge in [0.15, 0.2) is 6.54 Å². The molecule has 4 nitrogen and oxygen atoms in total. The predicted octanol–water partition coefficient (Wildman–Crippen LogP) is 2.60. The SMILES string of the molecule is O=C(C[NH+]1CCN(c2cccc(C(F)(F)F)c2)CC1)N[C@H]1CCCc2ccccc21. The van der Waals surface area contributed by atoms with Crippen LogP contribution in [-0.4, -0.2) is 38.6 Å². The minimum Gasteiger partial charge on any atom is -0.360 e. The fourth-order valence-electron chi connectivity index (χ4n) is 4.51. The summed E-state index contributed by atoms with van der Waals surface area (Å²) in [5.74, 6) is 0.0409. The highest BCUT2D eigenvalue weighted by Crippen LogP contribution is 2.32. The highest BCUT2D eigenvalue weighted by molar-refractivity contribution is 5.77. The molecule has 1 saturated heterocycles. The van der Waals surface area contributed by atoms with E-state index in [2.05, 4.69) is 17.4 Å². The first-order chi connectivity index (χ1) is 14.4. The van der Waals surface area contributed by atoms with Crippen LogP contribution in [0.4, 0.5) is 18.9 Å². The Balaban J connectivity index is 1.30. The molecular formula is C23H27F3N3O+. The molecule has 1 heterocycles. The number of nitrogens with zero attached hydrogens (tertiary/aromatic N) is 1. The number of aryl methyl sites for hydroxylation is 1. The molecule has 0 bridgehead atoms. The Morgan fingerprint density at radius 2 is 1.87 bits per heavy atom. The number of amides is 1. The zero-order chi connectivity index (χ0) is 21.1. The standard InChI is InChI=1S/C23H26F3N3O/c24-23(25,26)18-7-4-8-19(15-18)29-13-11-28(12-14-29)16-22(30)27-21-10-3-6-17-5-1-2-9-20(17)21/h1-2,4-5,7-9,15,21H,3,6,10-14,16H2,(H,27,30)/p+1/t21-/m0/s1. The van der Waals surface area contributed by atoms with Gasteiger partial charge in [-0.25, -0.2) is 0 Å². The summed E-state index contributed by atoms with van der Waals surface area (Å²) in [6.07, 6.45) is -1.24. The maximum Gasteiger partial charge on any atom is 0.416 e. The highest BCUT2D eigenvalue weighted by atomic mass is 19.4. The van der Waals surface area contributed by atoms with Crippen molar-refractivity contribution in [1.29, 1.82) is 0 Å². The third kappa shape index (κ3) is 4.78. The number of hydrogen-bond donors (Lipinski definition) is 2. The van der Waals surface area contributed by atoms with Crippen LogP contribution in [-0.2, 0) is 17.4 Å². The smallest absolute Gasteiger partial charge is 0.360 e. The summed E-state index contributed by atoms with van der Waals surface area (Å²) in [6.45, 7) is 3.12. The van der Waals surface area contributed by atoms with Crippen molar-refractivity contribution in [2.45, 2.75) is 31.5 Å². The Hall–Kier alpha value is -2.54. The molecule has 30 heavy (non-hydrogen) atoms. The third-order valence-corrected chi connectivity index (χ3v) is 6.12. The van der Waals surface area contributed by atoms with Crippen LogP contribution >= 0.6 is 0 Å². The Morgan fingerprint density at radius 1 is 1.10 bits per heavy atom. The lowest BCUT2D eigenvalue weighted by Crippen LogP contribution is -3.16. The van der Waals surface area contributed by atoms with Crippen LogP contribution in [0.25, 0.3) is 0 Å². The number of piperazine rings is 1. The first kappa shape index (κ1) is 20.7. The summed E-state index contributed by atoms with van der Waals surface area (Å²) in [5.41, 5.74) is 2.51. The molecule has 0 spiro atoms. The lowest BCUT2D eigenvalue weighted by atomic mass is 9.88. The number of carbonyl (C=O) groups excluding carboxylic acids is 1. The average molecular weight is 418 g/mol. The number of alkyl halides is 3. The molecule has 2 N–H and O–H groups in total. The van der Waals surface area contributed by atoms with Crippen LogP contribution in [0.5, 0.6) is 0 Å². The van der Waals surface area contributed by atoms with Crippen molar-refractivity contribution in [3.05, 3.63) is 65.2 Å².